The highest BCUT2D eigenvalue weighted by molar-refractivity contribution is 5.51. The van der Waals surface area contributed by atoms with Gasteiger partial charge >= 0.3 is 0 Å². The standard InChI is InChI=1S/C15H23NO/c1-15(2,3)14(17)9-12-7-6-11(8-13(12)16)10-4-5-10/h6-8,10,14,17H,4-5,9,16H2,1-3H3. The molecule has 1 unspecified atom stereocenters. The van der Waals surface area contributed by atoms with E-state index >= 15 is 0 Å². The van der Waals surface area contributed by atoms with Gasteiger partial charge in [0.15, 0.2) is 0 Å². The molecule has 1 aromatic rings. The van der Waals surface area contributed by atoms with Crippen LogP contribution in [0.2, 0.25) is 0 Å². The lowest BCUT2D eigenvalue weighted by Gasteiger charge is -2.26. The number of rotatable bonds is 3. The average Bonchev–Trinajstić information content (AvgIpc) is 3.02. The highest BCUT2D eigenvalue weighted by Crippen LogP contribution is 2.41. The van der Waals surface area contributed by atoms with Gasteiger partial charge in [-0.25, -0.2) is 0 Å². The minimum atomic E-state index is -0.350. The molecule has 0 saturated heterocycles. The molecule has 0 aliphatic heterocycles. The molecular formula is C15H23NO. The van der Waals surface area contributed by atoms with Gasteiger partial charge in [-0.2, -0.15) is 0 Å². The van der Waals surface area contributed by atoms with Crippen molar-refractivity contribution in [2.75, 3.05) is 5.73 Å². The maximum absolute atomic E-state index is 10.1. The Morgan fingerprint density at radius 1 is 1.35 bits per heavy atom. The van der Waals surface area contributed by atoms with Crippen LogP contribution >= 0.6 is 0 Å². The maximum Gasteiger partial charge on any atom is 0.0629 e. The normalized spacial score (nSPS) is 18.1. The molecule has 1 aromatic carbocycles. The number of aliphatic hydroxyl groups is 1. The molecular weight excluding hydrogens is 210 g/mol. The zero-order valence-electron chi connectivity index (χ0n) is 11.0. The van der Waals surface area contributed by atoms with Gasteiger partial charge in [-0.15, -0.1) is 0 Å². The van der Waals surface area contributed by atoms with Crippen molar-refractivity contribution in [1.29, 1.82) is 0 Å². The third-order valence-electron chi connectivity index (χ3n) is 3.63. The van der Waals surface area contributed by atoms with Crippen LogP contribution in [0.25, 0.3) is 0 Å². The van der Waals surface area contributed by atoms with Crippen molar-refractivity contribution in [3.63, 3.8) is 0 Å². The Morgan fingerprint density at radius 3 is 2.47 bits per heavy atom. The molecule has 0 amide bonds. The fraction of sp³-hybridized carbons (Fsp3) is 0.600. The second-order valence-electron chi connectivity index (χ2n) is 6.32. The Kier molecular flexibility index (Phi) is 3.17. The van der Waals surface area contributed by atoms with Crippen LogP contribution in [0.3, 0.4) is 0 Å². The minimum absolute atomic E-state index is 0.0956. The molecule has 1 saturated carbocycles. The zero-order chi connectivity index (χ0) is 12.6. The van der Waals surface area contributed by atoms with Crippen LogP contribution in [0.1, 0.15) is 50.7 Å². The van der Waals surface area contributed by atoms with Crippen LogP contribution in [0.5, 0.6) is 0 Å². The lowest BCUT2D eigenvalue weighted by molar-refractivity contribution is 0.0637. The van der Waals surface area contributed by atoms with Crippen LogP contribution in [-0.4, -0.2) is 11.2 Å². The second kappa shape index (κ2) is 4.34. The Bertz CT molecular complexity index is 402. The predicted octanol–water partition coefficient (Wildman–Crippen LogP) is 3.10. The summed E-state index contributed by atoms with van der Waals surface area (Å²) in [5, 5.41) is 10.1. The van der Waals surface area contributed by atoms with Crippen molar-refractivity contribution in [3.05, 3.63) is 29.3 Å². The van der Waals surface area contributed by atoms with E-state index in [1.54, 1.807) is 0 Å². The van der Waals surface area contributed by atoms with E-state index in [2.05, 4.69) is 18.2 Å². The first kappa shape index (κ1) is 12.4. The first-order chi connectivity index (χ1) is 7.88. The lowest BCUT2D eigenvalue weighted by atomic mass is 9.85. The van der Waals surface area contributed by atoms with Gasteiger partial charge in [0.25, 0.3) is 0 Å². The number of aliphatic hydroxyl groups excluding tert-OH is 1. The molecule has 2 heteroatoms. The van der Waals surface area contributed by atoms with E-state index in [1.807, 2.05) is 20.8 Å². The summed E-state index contributed by atoms with van der Waals surface area (Å²) < 4.78 is 0. The Balaban J connectivity index is 2.11. The summed E-state index contributed by atoms with van der Waals surface area (Å²) in [4.78, 5) is 0. The fourth-order valence-electron chi connectivity index (χ4n) is 1.98. The molecule has 2 nitrogen and oxygen atoms in total. The maximum atomic E-state index is 10.1. The zero-order valence-corrected chi connectivity index (χ0v) is 11.0. The summed E-state index contributed by atoms with van der Waals surface area (Å²) in [7, 11) is 0. The summed E-state index contributed by atoms with van der Waals surface area (Å²) in [6, 6.07) is 6.33. The Hall–Kier alpha value is -1.02. The molecule has 94 valence electrons. The first-order valence-electron chi connectivity index (χ1n) is 6.44. The predicted molar refractivity (Wildman–Crippen MR) is 72.0 cm³/mol. The number of benzene rings is 1. The number of hydrogen-bond acceptors (Lipinski definition) is 2. The third kappa shape index (κ3) is 3.01. The van der Waals surface area contributed by atoms with Crippen LogP contribution in [0, 0.1) is 5.41 Å². The number of hydrogen-bond donors (Lipinski definition) is 2. The van der Waals surface area contributed by atoms with E-state index < -0.39 is 0 Å². The SMILES string of the molecule is CC(C)(C)C(O)Cc1ccc(C2CC2)cc1N. The summed E-state index contributed by atoms with van der Waals surface area (Å²) in [6.07, 6.45) is 2.88. The van der Waals surface area contributed by atoms with E-state index in [0.717, 1.165) is 17.2 Å². The van der Waals surface area contributed by atoms with Gasteiger partial charge in [0.1, 0.15) is 0 Å². The minimum Gasteiger partial charge on any atom is -0.398 e. The lowest BCUT2D eigenvalue weighted by Crippen LogP contribution is -2.28. The fourth-order valence-corrected chi connectivity index (χ4v) is 1.98. The molecule has 0 bridgehead atoms. The van der Waals surface area contributed by atoms with E-state index in [4.69, 9.17) is 5.73 Å². The van der Waals surface area contributed by atoms with Gasteiger partial charge in [-0.05, 0) is 41.4 Å². The van der Waals surface area contributed by atoms with Crippen molar-refractivity contribution in [2.24, 2.45) is 5.41 Å². The molecule has 3 N–H and O–H groups in total. The van der Waals surface area contributed by atoms with Crippen LogP contribution in [0.4, 0.5) is 5.69 Å². The van der Waals surface area contributed by atoms with Crippen molar-refractivity contribution >= 4 is 5.69 Å². The van der Waals surface area contributed by atoms with Crippen LogP contribution < -0.4 is 5.73 Å². The monoisotopic (exact) mass is 233 g/mol. The topological polar surface area (TPSA) is 46.2 Å². The second-order valence-corrected chi connectivity index (χ2v) is 6.32. The van der Waals surface area contributed by atoms with E-state index in [9.17, 15) is 5.11 Å². The average molecular weight is 233 g/mol. The van der Waals surface area contributed by atoms with Gasteiger partial charge in [-0.1, -0.05) is 32.9 Å². The summed E-state index contributed by atoms with van der Waals surface area (Å²) in [5.41, 5.74) is 9.23. The molecule has 0 aromatic heterocycles. The molecule has 0 spiro atoms. The molecule has 1 aliphatic rings. The van der Waals surface area contributed by atoms with Gasteiger partial charge in [0.2, 0.25) is 0 Å². The van der Waals surface area contributed by atoms with Crippen molar-refractivity contribution in [2.45, 2.75) is 52.1 Å². The van der Waals surface area contributed by atoms with E-state index in [1.165, 1.54) is 18.4 Å². The van der Waals surface area contributed by atoms with Gasteiger partial charge in [0, 0.05) is 12.1 Å². The smallest absolute Gasteiger partial charge is 0.0629 e. The molecule has 0 heterocycles. The highest BCUT2D eigenvalue weighted by atomic mass is 16.3. The molecule has 17 heavy (non-hydrogen) atoms. The summed E-state index contributed by atoms with van der Waals surface area (Å²) in [6.45, 7) is 6.14. The Morgan fingerprint density at radius 2 is 2.00 bits per heavy atom. The first-order valence-corrected chi connectivity index (χ1v) is 6.44. The number of nitrogens with two attached hydrogens (primary N) is 1. The third-order valence-corrected chi connectivity index (χ3v) is 3.63. The number of anilines is 1. The molecule has 2 rings (SSSR count). The van der Waals surface area contributed by atoms with E-state index in [0.29, 0.717) is 6.42 Å². The highest BCUT2D eigenvalue weighted by Gasteiger charge is 2.25. The Labute approximate surface area is 104 Å². The van der Waals surface area contributed by atoms with Crippen molar-refractivity contribution < 1.29 is 5.11 Å². The van der Waals surface area contributed by atoms with Crippen LogP contribution in [-0.2, 0) is 6.42 Å². The van der Waals surface area contributed by atoms with Gasteiger partial charge in [-0.3, -0.25) is 0 Å². The molecule has 1 atom stereocenters. The van der Waals surface area contributed by atoms with Gasteiger partial charge in [0.05, 0.1) is 6.10 Å². The van der Waals surface area contributed by atoms with Crippen molar-refractivity contribution in [3.8, 4) is 0 Å². The summed E-state index contributed by atoms with van der Waals surface area (Å²) >= 11 is 0. The summed E-state index contributed by atoms with van der Waals surface area (Å²) in [5.74, 6) is 0.735. The molecule has 0 radical (unpaired) electrons. The molecule has 1 fully saturated rings. The van der Waals surface area contributed by atoms with E-state index in [-0.39, 0.29) is 11.5 Å². The largest absolute Gasteiger partial charge is 0.398 e. The quantitative estimate of drug-likeness (QED) is 0.788. The van der Waals surface area contributed by atoms with Crippen LogP contribution in [0.15, 0.2) is 18.2 Å². The number of nitrogen functional groups attached to an aromatic ring is 1. The van der Waals surface area contributed by atoms with Gasteiger partial charge < -0.3 is 10.8 Å². The molecule has 1 aliphatic carbocycles. The van der Waals surface area contributed by atoms with Crippen molar-refractivity contribution in [1.82, 2.24) is 0 Å².